The first kappa shape index (κ1) is 35.2. The Kier molecular flexibility index (Phi) is 12.4. The number of carbonyl (C=O) groups excluding carboxylic acids is 2. The van der Waals surface area contributed by atoms with E-state index >= 15 is 0 Å². The summed E-state index contributed by atoms with van der Waals surface area (Å²) < 4.78 is 19.3. The Hall–Kier alpha value is -4.99. The molecule has 16 heteroatoms. The molecule has 0 radical (unpaired) electrons. The van der Waals surface area contributed by atoms with Crippen LogP contribution in [-0.4, -0.2) is 60.9 Å². The maximum absolute atomic E-state index is 13.0. The SMILES string of the molecule is Cc1nnc(C(=O)CC(C)(C)c2nc(C(=O)CCc3ccc(F)cc3)c([O-])c(=O)n2C)o1.NC(N)=[NH+]CCC[C@H](N)C(=O)O. The van der Waals surface area contributed by atoms with Crippen molar-refractivity contribution in [2.45, 2.75) is 64.3 Å². The third-order valence-corrected chi connectivity index (χ3v) is 6.38. The molecule has 0 aliphatic carbocycles. The highest BCUT2D eigenvalue weighted by Crippen LogP contribution is 2.27. The molecule has 0 bridgehead atoms. The van der Waals surface area contributed by atoms with Crippen LogP contribution >= 0.6 is 0 Å². The van der Waals surface area contributed by atoms with Crippen molar-refractivity contribution < 1.29 is 38.4 Å². The lowest BCUT2D eigenvalue weighted by atomic mass is 9.85. The molecule has 0 saturated carbocycles. The molecule has 0 unspecified atom stereocenters. The van der Waals surface area contributed by atoms with Crippen molar-refractivity contribution in [3.8, 4) is 5.75 Å². The predicted octanol–water partition coefficient (Wildman–Crippen LogP) is -1.42. The number of Topliss-reactive ketones (excluding diaryl/α,β-unsaturated/α-hetero) is 2. The maximum Gasteiger partial charge on any atom is 0.338 e. The number of nitrogens with two attached hydrogens (primary N) is 3. The summed E-state index contributed by atoms with van der Waals surface area (Å²) in [6.07, 6.45) is 1.07. The van der Waals surface area contributed by atoms with Gasteiger partial charge in [-0.25, -0.2) is 9.37 Å². The third kappa shape index (κ3) is 10.1. The number of nitrogens with one attached hydrogen (secondary N) is 1. The molecule has 0 amide bonds. The molecule has 44 heavy (non-hydrogen) atoms. The zero-order chi connectivity index (χ0) is 33.2. The van der Waals surface area contributed by atoms with Gasteiger partial charge in [0, 0.05) is 32.2 Å². The lowest BCUT2D eigenvalue weighted by Crippen LogP contribution is -2.78. The summed E-state index contributed by atoms with van der Waals surface area (Å²) in [5, 5.41) is 28.2. The second-order valence-corrected chi connectivity index (χ2v) is 10.6. The van der Waals surface area contributed by atoms with Gasteiger partial charge in [0.2, 0.25) is 17.2 Å². The number of carboxylic acids is 1. The zero-order valence-electron chi connectivity index (χ0n) is 24.9. The standard InChI is InChI=1S/C22H23FN4O5.C6H14N4O2/c1-12-25-26-19(32-12)16(29)11-22(2,3)21-24-17(18(30)20(31)27(21)4)15(28)10-7-13-5-8-14(23)9-6-13;7-4(5(11)12)2-1-3-10-6(8)9/h5-6,8-9,30H,7,10-11H2,1-4H3;4H,1-3,7H2,(H,11,12)(H4,8,9,10)/t;4-/m.0/s1. The van der Waals surface area contributed by atoms with Gasteiger partial charge in [-0.15, -0.1) is 10.2 Å². The Bertz CT molecular complexity index is 1560. The summed E-state index contributed by atoms with van der Waals surface area (Å²) >= 11 is 0. The van der Waals surface area contributed by atoms with Gasteiger partial charge in [0.15, 0.2) is 5.78 Å². The summed E-state index contributed by atoms with van der Waals surface area (Å²) in [5.41, 5.74) is 13.8. The minimum Gasteiger partial charge on any atom is -0.867 e. The molecule has 238 valence electrons. The number of hydrogen-bond donors (Lipinski definition) is 5. The van der Waals surface area contributed by atoms with Crippen LogP contribution in [0.2, 0.25) is 0 Å². The van der Waals surface area contributed by atoms with Crippen LogP contribution in [0.1, 0.15) is 78.0 Å². The number of benzene rings is 1. The van der Waals surface area contributed by atoms with Crippen LogP contribution in [0.15, 0.2) is 33.5 Å². The van der Waals surface area contributed by atoms with E-state index in [2.05, 4.69) is 20.2 Å². The average Bonchev–Trinajstić information content (AvgIpc) is 3.40. The highest BCUT2D eigenvalue weighted by Gasteiger charge is 2.32. The van der Waals surface area contributed by atoms with Crippen molar-refractivity contribution in [1.82, 2.24) is 19.7 Å². The number of guanidine groups is 1. The molecule has 3 rings (SSSR count). The van der Waals surface area contributed by atoms with Gasteiger partial charge in [0.1, 0.15) is 23.4 Å². The number of nitrogens with zero attached hydrogens (tertiary/aromatic N) is 4. The Morgan fingerprint density at radius 1 is 1.16 bits per heavy atom. The number of aromatic nitrogens is 4. The van der Waals surface area contributed by atoms with E-state index in [0.717, 1.165) is 4.57 Å². The Labute approximate surface area is 252 Å². The number of aliphatic carboxylic acids is 1. The predicted molar refractivity (Wildman–Crippen MR) is 153 cm³/mol. The van der Waals surface area contributed by atoms with Crippen LogP contribution < -0.4 is 32.9 Å². The van der Waals surface area contributed by atoms with Crippen molar-refractivity contribution in [1.29, 1.82) is 0 Å². The van der Waals surface area contributed by atoms with Crippen LogP contribution in [0.3, 0.4) is 0 Å². The van der Waals surface area contributed by atoms with Crippen molar-refractivity contribution in [3.63, 3.8) is 0 Å². The number of rotatable bonds is 13. The molecular weight excluding hydrogens is 579 g/mol. The zero-order valence-corrected chi connectivity index (χ0v) is 24.9. The van der Waals surface area contributed by atoms with Crippen LogP contribution in [0.5, 0.6) is 5.75 Å². The lowest BCUT2D eigenvalue weighted by Gasteiger charge is -2.27. The van der Waals surface area contributed by atoms with Gasteiger partial charge in [-0.2, -0.15) is 0 Å². The normalized spacial score (nSPS) is 11.7. The van der Waals surface area contributed by atoms with Crippen molar-refractivity contribution in [2.24, 2.45) is 24.2 Å². The summed E-state index contributed by atoms with van der Waals surface area (Å²) in [6.45, 7) is 5.42. The molecule has 8 N–H and O–H groups in total. The minimum atomic E-state index is -1.02. The van der Waals surface area contributed by atoms with Gasteiger partial charge in [-0.3, -0.25) is 40.2 Å². The molecule has 0 spiro atoms. The second-order valence-electron chi connectivity index (χ2n) is 10.6. The fraction of sp³-hybridized carbons (Fsp3) is 0.429. The number of halogens is 1. The summed E-state index contributed by atoms with van der Waals surface area (Å²) in [5.74, 6) is -3.14. The Morgan fingerprint density at radius 2 is 1.80 bits per heavy atom. The van der Waals surface area contributed by atoms with E-state index in [0.29, 0.717) is 24.9 Å². The lowest BCUT2D eigenvalue weighted by molar-refractivity contribution is -0.459. The molecule has 0 fully saturated rings. The average molecular weight is 617 g/mol. The van der Waals surface area contributed by atoms with Crippen molar-refractivity contribution in [3.05, 3.63) is 69.3 Å². The highest BCUT2D eigenvalue weighted by atomic mass is 19.1. The maximum atomic E-state index is 13.0. The van der Waals surface area contributed by atoms with Gasteiger partial charge >= 0.3 is 11.9 Å². The smallest absolute Gasteiger partial charge is 0.338 e. The van der Waals surface area contributed by atoms with Gasteiger partial charge in [0.05, 0.1) is 6.54 Å². The van der Waals surface area contributed by atoms with E-state index in [1.54, 1.807) is 20.8 Å². The molecule has 1 aromatic carbocycles. The summed E-state index contributed by atoms with van der Waals surface area (Å²) in [7, 11) is 1.36. The van der Waals surface area contributed by atoms with Crippen LogP contribution in [0, 0.1) is 12.7 Å². The van der Waals surface area contributed by atoms with Crippen LogP contribution in [0.4, 0.5) is 4.39 Å². The number of ketones is 2. The molecule has 15 nitrogen and oxygen atoms in total. The number of hydrogen-bond acceptors (Lipinski definition) is 10. The van der Waals surface area contributed by atoms with E-state index < -0.39 is 51.8 Å². The van der Waals surface area contributed by atoms with E-state index in [1.807, 2.05) is 0 Å². The van der Waals surface area contributed by atoms with Crippen molar-refractivity contribution >= 4 is 23.5 Å². The quantitative estimate of drug-likeness (QED) is 0.0640. The molecule has 0 aliphatic heterocycles. The van der Waals surface area contributed by atoms with E-state index in [-0.39, 0.29) is 42.8 Å². The summed E-state index contributed by atoms with van der Waals surface area (Å²) in [6, 6.07) is 4.83. The monoisotopic (exact) mass is 616 g/mol. The van der Waals surface area contributed by atoms with E-state index in [4.69, 9.17) is 26.7 Å². The van der Waals surface area contributed by atoms with Gasteiger partial charge in [-0.1, -0.05) is 26.0 Å². The first-order valence-corrected chi connectivity index (χ1v) is 13.5. The van der Waals surface area contributed by atoms with Gasteiger partial charge in [0.25, 0.3) is 5.89 Å². The third-order valence-electron chi connectivity index (χ3n) is 6.38. The Morgan fingerprint density at radius 3 is 2.34 bits per heavy atom. The van der Waals surface area contributed by atoms with Gasteiger partial charge < -0.3 is 20.4 Å². The largest absolute Gasteiger partial charge is 0.867 e. The summed E-state index contributed by atoms with van der Waals surface area (Å²) in [4.78, 5) is 54.9. The number of carboxylic acid groups (broad SMARTS) is 1. The molecule has 2 heterocycles. The van der Waals surface area contributed by atoms with E-state index in [9.17, 15) is 28.7 Å². The van der Waals surface area contributed by atoms with Crippen LogP contribution in [-0.2, 0) is 23.7 Å². The minimum absolute atomic E-state index is 0.0822. The second kappa shape index (κ2) is 15.5. The molecule has 3 aromatic rings. The topological polar surface area (TPSA) is 260 Å². The molecule has 2 aromatic heterocycles. The molecular formula is C28H37FN8O7. The first-order valence-electron chi connectivity index (χ1n) is 13.5. The molecule has 0 aliphatic rings. The van der Waals surface area contributed by atoms with Gasteiger partial charge in [-0.05, 0) is 42.7 Å². The fourth-order valence-electron chi connectivity index (χ4n) is 4.05. The Balaban J connectivity index is 0.000000477. The molecule has 1 atom stereocenters. The van der Waals surface area contributed by atoms with Crippen LogP contribution in [0.25, 0.3) is 0 Å². The highest BCUT2D eigenvalue weighted by molar-refractivity contribution is 5.96. The van der Waals surface area contributed by atoms with E-state index in [1.165, 1.54) is 31.3 Å². The number of aryl methyl sites for hydroxylation is 2. The first-order chi connectivity index (χ1) is 20.5. The number of carbonyl (C=O) groups is 3. The van der Waals surface area contributed by atoms with Crippen molar-refractivity contribution in [2.75, 3.05) is 6.54 Å². The fourth-order valence-corrected chi connectivity index (χ4v) is 4.05. The molecule has 0 saturated heterocycles.